The van der Waals surface area contributed by atoms with Crippen LogP contribution in [0.5, 0.6) is 0 Å². The Morgan fingerprint density at radius 1 is 1.11 bits per heavy atom. The maximum atomic E-state index is 12.3. The minimum absolute atomic E-state index is 0.258. The highest BCUT2D eigenvalue weighted by molar-refractivity contribution is 5.79. The summed E-state index contributed by atoms with van der Waals surface area (Å²) in [5.41, 5.74) is 0.465. The zero-order valence-electron chi connectivity index (χ0n) is 13.1. The molecule has 0 aliphatic carbocycles. The van der Waals surface area contributed by atoms with Gasteiger partial charge in [-0.05, 0) is 52.6 Å². The highest BCUT2D eigenvalue weighted by Crippen LogP contribution is 2.41. The van der Waals surface area contributed by atoms with Gasteiger partial charge >= 0.3 is 0 Å². The van der Waals surface area contributed by atoms with E-state index in [4.69, 9.17) is 0 Å². The number of hydrogen-bond acceptors (Lipinski definition) is 2. The Morgan fingerprint density at radius 2 is 1.63 bits per heavy atom. The fourth-order valence-corrected chi connectivity index (χ4v) is 3.65. The Hall–Kier alpha value is -0.570. The van der Waals surface area contributed by atoms with Crippen molar-refractivity contribution < 1.29 is 4.79 Å². The van der Waals surface area contributed by atoms with Crippen molar-refractivity contribution in [2.45, 2.75) is 59.4 Å². The molecule has 1 spiro atoms. The summed E-state index contributed by atoms with van der Waals surface area (Å²) in [6.07, 6.45) is 4.52. The van der Waals surface area contributed by atoms with Crippen LogP contribution in [0.4, 0.5) is 0 Å². The van der Waals surface area contributed by atoms with Crippen molar-refractivity contribution in [3.8, 4) is 0 Å². The van der Waals surface area contributed by atoms with E-state index in [1.807, 2.05) is 0 Å². The van der Waals surface area contributed by atoms with E-state index in [2.05, 4.69) is 37.5 Å². The Morgan fingerprint density at radius 3 is 2.05 bits per heavy atom. The molecule has 1 amide bonds. The van der Waals surface area contributed by atoms with Crippen LogP contribution in [0.1, 0.15) is 53.4 Å². The number of rotatable bonds is 4. The van der Waals surface area contributed by atoms with Crippen molar-refractivity contribution in [2.24, 2.45) is 11.3 Å². The molecule has 19 heavy (non-hydrogen) atoms. The third-order valence-electron chi connectivity index (χ3n) is 5.29. The lowest BCUT2D eigenvalue weighted by molar-refractivity contribution is -0.151. The van der Waals surface area contributed by atoms with Gasteiger partial charge in [0.05, 0.1) is 0 Å². The largest absolute Gasteiger partial charge is 0.341 e. The van der Waals surface area contributed by atoms with Gasteiger partial charge in [0.25, 0.3) is 0 Å². The molecule has 0 aromatic rings. The smallest absolute Gasteiger partial charge is 0.225 e. The van der Waals surface area contributed by atoms with E-state index in [-0.39, 0.29) is 5.92 Å². The molecule has 0 saturated carbocycles. The Labute approximate surface area is 118 Å². The highest BCUT2D eigenvalue weighted by atomic mass is 16.2. The molecular formula is C16H30N2O. The summed E-state index contributed by atoms with van der Waals surface area (Å²) in [6, 6.07) is 0.666. The minimum atomic E-state index is 0.258. The van der Waals surface area contributed by atoms with E-state index in [1.54, 1.807) is 0 Å². The van der Waals surface area contributed by atoms with Crippen LogP contribution < -0.4 is 0 Å². The summed E-state index contributed by atoms with van der Waals surface area (Å²) in [4.78, 5) is 17.0. The average molecular weight is 266 g/mol. The van der Waals surface area contributed by atoms with Crippen molar-refractivity contribution in [2.75, 3.05) is 26.2 Å². The predicted molar refractivity (Wildman–Crippen MR) is 79.0 cm³/mol. The summed E-state index contributed by atoms with van der Waals surface area (Å²) in [7, 11) is 0. The third kappa shape index (κ3) is 2.96. The predicted octanol–water partition coefficient (Wildman–Crippen LogP) is 2.76. The molecule has 0 aromatic heterocycles. The zero-order chi connectivity index (χ0) is 14.0. The lowest BCUT2D eigenvalue weighted by atomic mass is 9.71. The molecule has 0 bridgehead atoms. The van der Waals surface area contributed by atoms with Gasteiger partial charge in [0, 0.05) is 30.5 Å². The Bertz CT molecular complexity index is 307. The maximum absolute atomic E-state index is 12.3. The van der Waals surface area contributed by atoms with Crippen molar-refractivity contribution in [1.82, 2.24) is 9.80 Å². The van der Waals surface area contributed by atoms with Crippen molar-refractivity contribution >= 4 is 5.91 Å². The van der Waals surface area contributed by atoms with E-state index in [0.29, 0.717) is 17.4 Å². The summed E-state index contributed by atoms with van der Waals surface area (Å²) in [5.74, 6) is 0.662. The molecule has 110 valence electrons. The summed E-state index contributed by atoms with van der Waals surface area (Å²) < 4.78 is 0. The molecule has 2 saturated heterocycles. The molecule has 0 atom stereocenters. The first kappa shape index (κ1) is 14.8. The van der Waals surface area contributed by atoms with Gasteiger partial charge in [-0.1, -0.05) is 13.8 Å². The van der Waals surface area contributed by atoms with Crippen molar-refractivity contribution in [3.63, 3.8) is 0 Å². The number of amides is 1. The van der Waals surface area contributed by atoms with Crippen LogP contribution in [-0.4, -0.2) is 47.9 Å². The summed E-state index contributed by atoms with van der Waals surface area (Å²) in [5, 5.41) is 0. The molecule has 0 unspecified atom stereocenters. The number of likely N-dealkylation sites (tertiary alicyclic amines) is 2. The molecule has 2 heterocycles. The number of carbonyl (C=O) groups is 1. The molecule has 3 nitrogen and oxygen atoms in total. The van der Waals surface area contributed by atoms with Gasteiger partial charge in [0.2, 0.25) is 5.91 Å². The minimum Gasteiger partial charge on any atom is -0.341 e. The van der Waals surface area contributed by atoms with Crippen molar-refractivity contribution in [3.05, 3.63) is 0 Å². The number of hydrogen-bond donors (Lipinski definition) is 0. The van der Waals surface area contributed by atoms with Gasteiger partial charge < -0.3 is 9.80 Å². The van der Waals surface area contributed by atoms with E-state index >= 15 is 0 Å². The lowest BCUT2D eigenvalue weighted by Crippen LogP contribution is -2.63. The van der Waals surface area contributed by atoms with E-state index in [0.717, 1.165) is 25.9 Å². The second-order valence-electron chi connectivity index (χ2n) is 6.84. The number of piperidine rings is 1. The molecule has 0 radical (unpaired) electrons. The molecule has 3 heteroatoms. The zero-order valence-corrected chi connectivity index (χ0v) is 13.1. The molecule has 0 N–H and O–H groups in total. The molecule has 2 rings (SSSR count). The van der Waals surface area contributed by atoms with Crippen LogP contribution >= 0.6 is 0 Å². The van der Waals surface area contributed by atoms with Gasteiger partial charge in [0.15, 0.2) is 0 Å². The van der Waals surface area contributed by atoms with Crippen LogP contribution in [0.3, 0.4) is 0 Å². The standard InChI is InChI=1S/C16H30N2O/c1-5-14(6-2)15(19)18-11-16(12-18)7-9-17(10-8-16)13(3)4/h13-14H,5-12H2,1-4H3. The van der Waals surface area contributed by atoms with Crippen LogP contribution in [0.2, 0.25) is 0 Å². The van der Waals surface area contributed by atoms with Crippen LogP contribution in [0.15, 0.2) is 0 Å². The maximum Gasteiger partial charge on any atom is 0.225 e. The molecular weight excluding hydrogens is 236 g/mol. The van der Waals surface area contributed by atoms with E-state index in [9.17, 15) is 4.79 Å². The SMILES string of the molecule is CCC(CC)C(=O)N1CC2(CCN(C(C)C)CC2)C1. The lowest BCUT2D eigenvalue weighted by Gasteiger charge is -2.55. The fraction of sp³-hybridized carbons (Fsp3) is 0.938. The first-order valence-corrected chi connectivity index (χ1v) is 8.04. The van der Waals surface area contributed by atoms with Gasteiger partial charge in [-0.3, -0.25) is 4.79 Å². The van der Waals surface area contributed by atoms with Gasteiger partial charge in [-0.15, -0.1) is 0 Å². The van der Waals surface area contributed by atoms with Gasteiger partial charge in [-0.2, -0.15) is 0 Å². The summed E-state index contributed by atoms with van der Waals surface area (Å²) in [6.45, 7) is 13.3. The summed E-state index contributed by atoms with van der Waals surface area (Å²) >= 11 is 0. The number of nitrogens with zero attached hydrogens (tertiary/aromatic N) is 2. The molecule has 2 aliphatic rings. The van der Waals surface area contributed by atoms with Crippen molar-refractivity contribution in [1.29, 1.82) is 0 Å². The average Bonchev–Trinajstić information content (AvgIpc) is 2.37. The normalized spacial score (nSPS) is 23.2. The Balaban J connectivity index is 1.81. The first-order chi connectivity index (χ1) is 9.01. The first-order valence-electron chi connectivity index (χ1n) is 8.04. The second kappa shape index (κ2) is 5.82. The number of carbonyl (C=O) groups excluding carboxylic acids is 1. The molecule has 2 fully saturated rings. The topological polar surface area (TPSA) is 23.6 Å². The van der Waals surface area contributed by atoms with Gasteiger partial charge in [-0.25, -0.2) is 0 Å². The third-order valence-corrected chi connectivity index (χ3v) is 5.29. The van der Waals surface area contributed by atoms with Gasteiger partial charge in [0.1, 0.15) is 0 Å². The quantitative estimate of drug-likeness (QED) is 0.781. The van der Waals surface area contributed by atoms with Crippen LogP contribution in [-0.2, 0) is 4.79 Å². The molecule has 0 aromatic carbocycles. The highest BCUT2D eigenvalue weighted by Gasteiger charge is 2.47. The van der Waals surface area contributed by atoms with E-state index < -0.39 is 0 Å². The second-order valence-corrected chi connectivity index (χ2v) is 6.84. The fourth-order valence-electron chi connectivity index (χ4n) is 3.65. The molecule has 2 aliphatic heterocycles. The van der Waals surface area contributed by atoms with Crippen LogP contribution in [0.25, 0.3) is 0 Å². The van der Waals surface area contributed by atoms with E-state index in [1.165, 1.54) is 25.9 Å². The van der Waals surface area contributed by atoms with Crippen LogP contribution in [0, 0.1) is 11.3 Å². The monoisotopic (exact) mass is 266 g/mol. The Kier molecular flexibility index (Phi) is 4.54.